The third-order valence-electron chi connectivity index (χ3n) is 3.68. The lowest BCUT2D eigenvalue weighted by Gasteiger charge is -2.35. The fourth-order valence-electron chi connectivity index (χ4n) is 2.38. The molecule has 0 aliphatic carbocycles. The first-order valence-corrected chi connectivity index (χ1v) is 7.97. The van der Waals surface area contributed by atoms with Gasteiger partial charge in [0.05, 0.1) is 5.92 Å². The van der Waals surface area contributed by atoms with Crippen LogP contribution in [0.4, 0.5) is 0 Å². The van der Waals surface area contributed by atoms with Crippen molar-refractivity contribution in [1.82, 2.24) is 9.29 Å². The second-order valence-electron chi connectivity index (χ2n) is 5.09. The average molecular weight is 308 g/mol. The number of carbonyl (C=O) groups excluding carboxylic acids is 1. The van der Waals surface area contributed by atoms with E-state index in [1.165, 1.54) is 16.4 Å². The minimum absolute atomic E-state index is 0.0125. The van der Waals surface area contributed by atoms with E-state index in [-0.39, 0.29) is 23.2 Å². The summed E-state index contributed by atoms with van der Waals surface area (Å²) in [6, 6.07) is 4.33. The van der Waals surface area contributed by atoms with Crippen LogP contribution in [0, 0.1) is 17.2 Å². The zero-order valence-electron chi connectivity index (χ0n) is 11.6. The smallest absolute Gasteiger partial charge is 0.244 e. The van der Waals surface area contributed by atoms with Gasteiger partial charge in [-0.05, 0) is 31.9 Å². The molecule has 2 N–H and O–H groups in total. The Bertz CT molecular complexity index is 678. The maximum atomic E-state index is 12.6. The number of nitrogens with zero attached hydrogens (tertiary/aromatic N) is 3. The quantitative estimate of drug-likeness (QED) is 0.857. The highest BCUT2D eigenvalue weighted by Gasteiger charge is 2.36. The van der Waals surface area contributed by atoms with E-state index in [0.29, 0.717) is 12.8 Å². The van der Waals surface area contributed by atoms with Gasteiger partial charge in [-0.3, -0.25) is 4.79 Å². The van der Waals surface area contributed by atoms with Crippen LogP contribution in [0.5, 0.6) is 0 Å². The Labute approximate surface area is 123 Å². The van der Waals surface area contributed by atoms with Crippen molar-refractivity contribution in [3.05, 3.63) is 24.0 Å². The third kappa shape index (κ3) is 3.04. The normalized spacial score (nSPS) is 23.4. The Hall–Kier alpha value is -1.98. The summed E-state index contributed by atoms with van der Waals surface area (Å²) in [6.45, 7) is 1.88. The minimum Gasteiger partial charge on any atom is -0.369 e. The lowest BCUT2D eigenvalue weighted by Crippen LogP contribution is -2.48. The number of hydrogen-bond donors (Lipinski definition) is 1. The topological polar surface area (TPSA) is 117 Å². The minimum atomic E-state index is -3.75. The van der Waals surface area contributed by atoms with Crippen molar-refractivity contribution in [3.63, 3.8) is 0 Å². The van der Waals surface area contributed by atoms with E-state index < -0.39 is 21.8 Å². The third-order valence-corrected chi connectivity index (χ3v) is 5.65. The summed E-state index contributed by atoms with van der Waals surface area (Å²) in [5, 5.41) is 8.69. The molecule has 2 heterocycles. The van der Waals surface area contributed by atoms with E-state index in [1.54, 1.807) is 6.92 Å². The van der Waals surface area contributed by atoms with E-state index in [4.69, 9.17) is 11.0 Å². The number of piperidine rings is 1. The molecule has 1 fully saturated rings. The first kappa shape index (κ1) is 15.4. The molecule has 1 aromatic rings. The standard InChI is InChI=1S/C13H16N4O3S/c1-9-2-3-10(13(15)18)8-17(9)21(19,20)12-5-4-11(6-14)16-7-12/h4-5,7,9-10H,2-3,8H2,1H3,(H2,15,18). The summed E-state index contributed by atoms with van der Waals surface area (Å²) in [6.07, 6.45) is 2.33. The Morgan fingerprint density at radius 1 is 1.48 bits per heavy atom. The maximum Gasteiger partial charge on any atom is 0.244 e. The van der Waals surface area contributed by atoms with Gasteiger partial charge < -0.3 is 5.73 Å². The van der Waals surface area contributed by atoms with E-state index in [0.717, 1.165) is 6.20 Å². The van der Waals surface area contributed by atoms with Crippen LogP contribution in [0.25, 0.3) is 0 Å². The molecule has 0 bridgehead atoms. The summed E-state index contributed by atoms with van der Waals surface area (Å²) in [4.78, 5) is 15.1. The van der Waals surface area contributed by atoms with Gasteiger partial charge in [-0.15, -0.1) is 0 Å². The van der Waals surface area contributed by atoms with Gasteiger partial charge in [-0.25, -0.2) is 13.4 Å². The molecule has 1 aliphatic heterocycles. The number of hydrogen-bond acceptors (Lipinski definition) is 5. The largest absolute Gasteiger partial charge is 0.369 e. The van der Waals surface area contributed by atoms with Crippen molar-refractivity contribution in [2.75, 3.05) is 6.54 Å². The molecular weight excluding hydrogens is 292 g/mol. The van der Waals surface area contributed by atoms with Crippen LogP contribution in [0.1, 0.15) is 25.5 Å². The first-order valence-electron chi connectivity index (χ1n) is 6.53. The molecule has 2 rings (SSSR count). The molecule has 0 spiro atoms. The van der Waals surface area contributed by atoms with Crippen LogP contribution in [0.15, 0.2) is 23.2 Å². The molecule has 7 nitrogen and oxygen atoms in total. The van der Waals surface area contributed by atoms with Crippen LogP contribution in [-0.2, 0) is 14.8 Å². The van der Waals surface area contributed by atoms with Gasteiger partial charge in [0, 0.05) is 18.8 Å². The summed E-state index contributed by atoms with van der Waals surface area (Å²) in [7, 11) is -3.75. The zero-order valence-corrected chi connectivity index (χ0v) is 12.4. The molecular formula is C13H16N4O3S. The Kier molecular flexibility index (Phi) is 4.25. The highest BCUT2D eigenvalue weighted by Crippen LogP contribution is 2.27. The highest BCUT2D eigenvalue weighted by atomic mass is 32.2. The molecule has 1 saturated heterocycles. The molecule has 1 aromatic heterocycles. The molecule has 0 saturated carbocycles. The van der Waals surface area contributed by atoms with Crippen molar-refractivity contribution in [3.8, 4) is 6.07 Å². The number of pyridine rings is 1. The number of amides is 1. The number of carbonyl (C=O) groups is 1. The Morgan fingerprint density at radius 3 is 2.71 bits per heavy atom. The lowest BCUT2D eigenvalue weighted by atomic mass is 9.95. The second-order valence-corrected chi connectivity index (χ2v) is 6.98. The number of nitrogens with two attached hydrogens (primary N) is 1. The van der Waals surface area contributed by atoms with Gasteiger partial charge in [-0.2, -0.15) is 9.57 Å². The van der Waals surface area contributed by atoms with Gasteiger partial charge >= 0.3 is 0 Å². The van der Waals surface area contributed by atoms with Gasteiger partial charge in [0.1, 0.15) is 16.7 Å². The van der Waals surface area contributed by atoms with E-state index in [2.05, 4.69) is 4.98 Å². The monoisotopic (exact) mass is 308 g/mol. The zero-order chi connectivity index (χ0) is 15.6. The Balaban J connectivity index is 2.32. The van der Waals surface area contributed by atoms with Crippen molar-refractivity contribution in [2.45, 2.75) is 30.7 Å². The average Bonchev–Trinajstić information content (AvgIpc) is 2.47. The summed E-state index contributed by atoms with van der Waals surface area (Å²) >= 11 is 0. The fourth-order valence-corrected chi connectivity index (χ4v) is 4.03. The molecule has 2 atom stereocenters. The molecule has 112 valence electrons. The summed E-state index contributed by atoms with van der Waals surface area (Å²) in [5.74, 6) is -0.956. The number of primary amides is 1. The highest BCUT2D eigenvalue weighted by molar-refractivity contribution is 7.89. The number of aromatic nitrogens is 1. The van der Waals surface area contributed by atoms with Crippen molar-refractivity contribution >= 4 is 15.9 Å². The first-order chi connectivity index (χ1) is 9.86. The van der Waals surface area contributed by atoms with Crippen LogP contribution >= 0.6 is 0 Å². The SMILES string of the molecule is CC1CCC(C(N)=O)CN1S(=O)(=O)c1ccc(C#N)nc1. The molecule has 8 heteroatoms. The van der Waals surface area contributed by atoms with E-state index in [1.807, 2.05) is 6.07 Å². The van der Waals surface area contributed by atoms with Gasteiger partial charge in [0.15, 0.2) is 0 Å². The fraction of sp³-hybridized carbons (Fsp3) is 0.462. The predicted molar refractivity (Wildman–Crippen MR) is 74.2 cm³/mol. The molecule has 0 aromatic carbocycles. The van der Waals surface area contributed by atoms with Crippen LogP contribution in [0.2, 0.25) is 0 Å². The summed E-state index contributed by atoms with van der Waals surface area (Å²) < 4.78 is 26.5. The van der Waals surface area contributed by atoms with Crippen molar-refractivity contribution < 1.29 is 13.2 Å². The number of nitriles is 1. The van der Waals surface area contributed by atoms with E-state index >= 15 is 0 Å². The van der Waals surface area contributed by atoms with Crippen molar-refractivity contribution in [2.24, 2.45) is 11.7 Å². The van der Waals surface area contributed by atoms with E-state index in [9.17, 15) is 13.2 Å². The molecule has 0 radical (unpaired) electrons. The summed E-state index contributed by atoms with van der Waals surface area (Å²) in [5.41, 5.74) is 5.43. The lowest BCUT2D eigenvalue weighted by molar-refractivity contribution is -0.123. The van der Waals surface area contributed by atoms with Gasteiger partial charge in [0.25, 0.3) is 0 Å². The number of rotatable bonds is 3. The molecule has 1 aliphatic rings. The van der Waals surface area contributed by atoms with Crippen LogP contribution in [0.3, 0.4) is 0 Å². The van der Waals surface area contributed by atoms with Crippen LogP contribution < -0.4 is 5.73 Å². The predicted octanol–water partition coefficient (Wildman–Crippen LogP) is 0.228. The molecule has 21 heavy (non-hydrogen) atoms. The van der Waals surface area contributed by atoms with Crippen LogP contribution in [-0.4, -0.2) is 36.2 Å². The molecule has 1 amide bonds. The Morgan fingerprint density at radius 2 is 2.19 bits per heavy atom. The van der Waals surface area contributed by atoms with Crippen molar-refractivity contribution in [1.29, 1.82) is 5.26 Å². The number of sulfonamides is 1. The second kappa shape index (κ2) is 5.79. The van der Waals surface area contributed by atoms with Gasteiger partial charge in [-0.1, -0.05) is 0 Å². The maximum absolute atomic E-state index is 12.6. The molecule has 2 unspecified atom stereocenters. The van der Waals surface area contributed by atoms with Gasteiger partial charge in [0.2, 0.25) is 15.9 Å².